The van der Waals surface area contributed by atoms with E-state index in [0.717, 1.165) is 5.56 Å². The quantitative estimate of drug-likeness (QED) is 0.942. The zero-order chi connectivity index (χ0) is 16.5. The monoisotopic (exact) mass is 320 g/mol. The number of hydrogen-bond donors (Lipinski definition) is 1. The number of ketones is 1. The van der Waals surface area contributed by atoms with Gasteiger partial charge in [-0.1, -0.05) is 53.7 Å². The summed E-state index contributed by atoms with van der Waals surface area (Å²) in [4.78, 5) is 30.3. The summed E-state index contributed by atoms with van der Waals surface area (Å²) in [6.07, 6.45) is -0.167. The third-order valence-electron chi connectivity index (χ3n) is 4.48. The smallest absolute Gasteiger partial charge is 0.251 e. The molecule has 1 amide bonds. The fourth-order valence-electron chi connectivity index (χ4n) is 3.31. The van der Waals surface area contributed by atoms with Gasteiger partial charge in [0.05, 0.1) is 6.04 Å². The molecule has 0 aromatic heterocycles. The molecule has 0 spiro atoms. The molecule has 0 radical (unpaired) electrons. The van der Waals surface area contributed by atoms with Gasteiger partial charge >= 0.3 is 0 Å². The number of amides is 1. The van der Waals surface area contributed by atoms with Gasteiger partial charge in [-0.25, -0.2) is 0 Å². The zero-order valence-corrected chi connectivity index (χ0v) is 12.9. The van der Waals surface area contributed by atoms with Crippen molar-refractivity contribution in [3.63, 3.8) is 0 Å². The average molecular weight is 320 g/mol. The summed E-state index contributed by atoms with van der Waals surface area (Å²) in [6, 6.07) is 18.1. The van der Waals surface area contributed by atoms with Crippen LogP contribution >= 0.6 is 0 Å². The Hall–Kier alpha value is -2.95. The van der Waals surface area contributed by atoms with E-state index >= 15 is 0 Å². The van der Waals surface area contributed by atoms with Crippen LogP contribution < -0.4 is 5.32 Å². The maximum Gasteiger partial charge on any atom is 0.251 e. The van der Waals surface area contributed by atoms with Crippen molar-refractivity contribution in [3.8, 4) is 0 Å². The third-order valence-corrected chi connectivity index (χ3v) is 4.48. The van der Waals surface area contributed by atoms with Gasteiger partial charge in [-0.15, -0.1) is 0 Å². The number of Topliss-reactive ketones (excluding diaryl/α,β-unsaturated/α-hetero) is 1. The van der Waals surface area contributed by atoms with Gasteiger partial charge in [0, 0.05) is 17.5 Å². The summed E-state index contributed by atoms with van der Waals surface area (Å²) in [5.74, 6) is -0.558. The number of nitrogens with zero attached hydrogens (tertiary/aromatic N) is 1. The molecular weight excluding hydrogens is 304 g/mol. The Balaban J connectivity index is 1.52. The molecule has 3 atom stereocenters. The Morgan fingerprint density at radius 1 is 1.04 bits per heavy atom. The van der Waals surface area contributed by atoms with E-state index in [4.69, 9.17) is 4.84 Å². The van der Waals surface area contributed by atoms with Crippen LogP contribution in [-0.4, -0.2) is 29.5 Å². The van der Waals surface area contributed by atoms with Gasteiger partial charge in [0.15, 0.2) is 6.10 Å². The second kappa shape index (κ2) is 5.92. The second-order valence-corrected chi connectivity index (χ2v) is 6.01. The lowest BCUT2D eigenvalue weighted by Gasteiger charge is -2.17. The minimum Gasteiger partial charge on any atom is -0.389 e. The van der Waals surface area contributed by atoms with Crippen LogP contribution in [0.25, 0.3) is 0 Å². The minimum absolute atomic E-state index is 0.0541. The number of benzene rings is 2. The van der Waals surface area contributed by atoms with E-state index in [9.17, 15) is 9.59 Å². The lowest BCUT2D eigenvalue weighted by molar-refractivity contribution is -0.119. The van der Waals surface area contributed by atoms with Gasteiger partial charge in [-0.3, -0.25) is 9.59 Å². The molecule has 1 aliphatic heterocycles. The molecule has 1 aliphatic carbocycles. The number of fused-ring (bicyclic) bond motifs is 1. The van der Waals surface area contributed by atoms with Gasteiger partial charge in [0.25, 0.3) is 5.91 Å². The van der Waals surface area contributed by atoms with Gasteiger partial charge in [-0.05, 0) is 12.1 Å². The Kier molecular flexibility index (Phi) is 3.61. The number of oxime groups is 1. The summed E-state index contributed by atoms with van der Waals surface area (Å²) in [5, 5.41) is 7.03. The van der Waals surface area contributed by atoms with Crippen LogP contribution in [0, 0.1) is 5.92 Å². The Morgan fingerprint density at radius 2 is 1.71 bits per heavy atom. The molecular formula is C19H16N2O3. The fourth-order valence-corrected chi connectivity index (χ4v) is 3.31. The molecule has 1 saturated carbocycles. The summed E-state index contributed by atoms with van der Waals surface area (Å²) in [5.41, 5.74) is 2.10. The van der Waals surface area contributed by atoms with Crippen LogP contribution in [0.1, 0.15) is 22.3 Å². The zero-order valence-electron chi connectivity index (χ0n) is 12.9. The van der Waals surface area contributed by atoms with Gasteiger partial charge < -0.3 is 10.2 Å². The normalized spacial score (nSPS) is 24.9. The highest BCUT2D eigenvalue weighted by Gasteiger charge is 2.51. The molecule has 1 fully saturated rings. The lowest BCUT2D eigenvalue weighted by Crippen LogP contribution is -2.42. The van der Waals surface area contributed by atoms with Crippen LogP contribution in [0.4, 0.5) is 0 Å². The first-order chi connectivity index (χ1) is 11.7. The standard InChI is InChI=1S/C19H16N2O3/c22-15-11-14(20-19(23)13-9-5-2-6-10-13)18-16(15)17(21-24-18)12-7-3-1-4-8-12/h1-10,14,16,18H,11H2,(H,20,23)/t14-,16-,18-/m1/s1. The molecule has 2 aliphatic rings. The number of hydrogen-bond acceptors (Lipinski definition) is 4. The van der Waals surface area contributed by atoms with Crippen LogP contribution in [0.2, 0.25) is 0 Å². The Labute approximate surface area is 139 Å². The molecule has 0 unspecified atom stereocenters. The number of rotatable bonds is 3. The molecule has 5 heteroatoms. The summed E-state index contributed by atoms with van der Waals surface area (Å²) < 4.78 is 0. The molecule has 120 valence electrons. The first kappa shape index (κ1) is 14.6. The largest absolute Gasteiger partial charge is 0.389 e. The van der Waals surface area contributed by atoms with Crippen molar-refractivity contribution in [2.75, 3.05) is 0 Å². The molecule has 2 aromatic carbocycles. The van der Waals surface area contributed by atoms with E-state index in [-0.39, 0.29) is 24.2 Å². The van der Waals surface area contributed by atoms with Crippen molar-refractivity contribution < 1.29 is 14.4 Å². The van der Waals surface area contributed by atoms with E-state index in [0.29, 0.717) is 11.3 Å². The van der Waals surface area contributed by atoms with Crippen LogP contribution in [0.5, 0.6) is 0 Å². The highest BCUT2D eigenvalue weighted by atomic mass is 16.6. The predicted octanol–water partition coefficient (Wildman–Crippen LogP) is 2.18. The topological polar surface area (TPSA) is 67.8 Å². The highest BCUT2D eigenvalue weighted by Crippen LogP contribution is 2.34. The molecule has 4 rings (SSSR count). The number of nitrogens with one attached hydrogen (secondary N) is 1. The SMILES string of the molecule is O=C(N[C@@H]1CC(=O)[C@@H]2C(c3ccccc3)=NO[C@@H]21)c1ccccc1. The predicted molar refractivity (Wildman–Crippen MR) is 88.7 cm³/mol. The summed E-state index contributed by atoms with van der Waals surface area (Å²) >= 11 is 0. The summed E-state index contributed by atoms with van der Waals surface area (Å²) in [7, 11) is 0. The second-order valence-electron chi connectivity index (χ2n) is 6.01. The van der Waals surface area contributed by atoms with Crippen molar-refractivity contribution in [1.29, 1.82) is 0 Å². The Morgan fingerprint density at radius 3 is 2.42 bits per heavy atom. The molecule has 1 N–H and O–H groups in total. The lowest BCUT2D eigenvalue weighted by atomic mass is 9.93. The van der Waals surface area contributed by atoms with E-state index in [1.807, 2.05) is 36.4 Å². The van der Waals surface area contributed by atoms with E-state index in [1.165, 1.54) is 0 Å². The van der Waals surface area contributed by atoms with Crippen molar-refractivity contribution >= 4 is 17.4 Å². The molecule has 0 saturated heterocycles. The fraction of sp³-hybridized carbons (Fsp3) is 0.211. The Bertz CT molecular complexity index is 802. The van der Waals surface area contributed by atoms with Crippen molar-refractivity contribution in [2.45, 2.75) is 18.6 Å². The first-order valence-electron chi connectivity index (χ1n) is 7.92. The van der Waals surface area contributed by atoms with Crippen LogP contribution in [-0.2, 0) is 9.63 Å². The maximum atomic E-state index is 12.5. The molecule has 24 heavy (non-hydrogen) atoms. The number of carbonyl (C=O) groups is 2. The average Bonchev–Trinajstić information content (AvgIpc) is 3.19. The third kappa shape index (κ3) is 2.48. The summed E-state index contributed by atoms with van der Waals surface area (Å²) in [6.45, 7) is 0. The van der Waals surface area contributed by atoms with Crippen molar-refractivity contribution in [1.82, 2.24) is 5.32 Å². The van der Waals surface area contributed by atoms with Crippen LogP contribution in [0.15, 0.2) is 65.8 Å². The van der Waals surface area contributed by atoms with Gasteiger partial charge in [0.1, 0.15) is 17.4 Å². The number of carbonyl (C=O) groups excluding carboxylic acids is 2. The van der Waals surface area contributed by atoms with E-state index < -0.39 is 12.0 Å². The first-order valence-corrected chi connectivity index (χ1v) is 7.92. The van der Waals surface area contributed by atoms with Gasteiger partial charge in [-0.2, -0.15) is 0 Å². The highest BCUT2D eigenvalue weighted by molar-refractivity contribution is 6.16. The van der Waals surface area contributed by atoms with Crippen LogP contribution in [0.3, 0.4) is 0 Å². The minimum atomic E-state index is -0.430. The molecule has 5 nitrogen and oxygen atoms in total. The van der Waals surface area contributed by atoms with Gasteiger partial charge in [0.2, 0.25) is 0 Å². The molecule has 1 heterocycles. The van der Waals surface area contributed by atoms with E-state index in [1.54, 1.807) is 24.3 Å². The van der Waals surface area contributed by atoms with E-state index in [2.05, 4.69) is 10.5 Å². The van der Waals surface area contributed by atoms with Crippen molar-refractivity contribution in [3.05, 3.63) is 71.8 Å². The molecule has 2 aromatic rings. The van der Waals surface area contributed by atoms with Crippen molar-refractivity contribution in [2.24, 2.45) is 11.1 Å². The molecule has 0 bridgehead atoms. The maximum absolute atomic E-state index is 12.5.